The molecule has 0 saturated carbocycles. The van der Waals surface area contributed by atoms with E-state index < -0.39 is 17.5 Å². The van der Waals surface area contributed by atoms with Gasteiger partial charge in [0.25, 0.3) is 0 Å². The first-order chi connectivity index (χ1) is 6.02. The van der Waals surface area contributed by atoms with Gasteiger partial charge in [-0.2, -0.15) is 0 Å². The van der Waals surface area contributed by atoms with Crippen LogP contribution in [-0.2, 0) is 4.79 Å². The maximum atomic E-state index is 12.9. The Morgan fingerprint density at radius 1 is 1.46 bits per heavy atom. The Morgan fingerprint density at radius 2 is 2.08 bits per heavy atom. The van der Waals surface area contributed by atoms with Crippen LogP contribution in [0.4, 0.5) is 14.5 Å². The number of nitrogens with zero attached hydrogens (tertiary/aromatic N) is 1. The maximum Gasteiger partial charge on any atom is 0.238 e. The van der Waals surface area contributed by atoms with Crippen LogP contribution in [0, 0.1) is 11.6 Å². The normalized spacial score (nSPS) is 9.85. The van der Waals surface area contributed by atoms with Crippen molar-refractivity contribution in [2.24, 2.45) is 0 Å². The molecule has 1 amide bonds. The minimum absolute atomic E-state index is 0.157. The van der Waals surface area contributed by atoms with E-state index in [1.54, 1.807) is 0 Å². The maximum absolute atomic E-state index is 12.9. The third kappa shape index (κ3) is 2.15. The van der Waals surface area contributed by atoms with Crippen LogP contribution in [0.2, 0.25) is 0 Å². The summed E-state index contributed by atoms with van der Waals surface area (Å²) >= 11 is 5.42. The lowest BCUT2D eigenvalue weighted by Gasteiger charge is -2.11. The summed E-state index contributed by atoms with van der Waals surface area (Å²) in [5.41, 5.74) is -0.157. The first kappa shape index (κ1) is 9.92. The van der Waals surface area contributed by atoms with Gasteiger partial charge in [-0.05, 0) is 12.1 Å². The molecule has 0 atom stereocenters. The molecule has 0 heterocycles. The highest BCUT2D eigenvalue weighted by Gasteiger charge is 2.13. The summed E-state index contributed by atoms with van der Waals surface area (Å²) < 4.78 is 26.0. The van der Waals surface area contributed by atoms with Crippen molar-refractivity contribution in [1.29, 1.82) is 0 Å². The predicted octanol–water partition coefficient (Wildman–Crippen LogP) is 2.47. The third-order valence-corrected chi connectivity index (χ3v) is 1.82. The molecule has 0 bridgehead atoms. The van der Waals surface area contributed by atoms with Gasteiger partial charge in [0.2, 0.25) is 5.91 Å². The van der Waals surface area contributed by atoms with E-state index in [1.165, 1.54) is 6.92 Å². The second kappa shape index (κ2) is 3.70. The lowest BCUT2D eigenvalue weighted by molar-refractivity contribution is -0.115. The lowest BCUT2D eigenvalue weighted by Crippen LogP contribution is -2.17. The third-order valence-electron chi connectivity index (χ3n) is 1.40. The van der Waals surface area contributed by atoms with Crippen LogP contribution in [0.15, 0.2) is 18.2 Å². The summed E-state index contributed by atoms with van der Waals surface area (Å²) in [5, 5.41) is 0. The molecule has 0 aromatic heterocycles. The average molecular weight is 206 g/mol. The fraction of sp³-hybridized carbons (Fsp3) is 0.125. The van der Waals surface area contributed by atoms with Crippen LogP contribution in [-0.4, -0.2) is 5.91 Å². The molecule has 0 unspecified atom stereocenters. The number of halogens is 3. The quantitative estimate of drug-likeness (QED) is 0.645. The van der Waals surface area contributed by atoms with Crippen molar-refractivity contribution in [1.82, 2.24) is 0 Å². The van der Waals surface area contributed by atoms with E-state index in [9.17, 15) is 13.6 Å². The highest BCUT2D eigenvalue weighted by molar-refractivity contribution is 6.36. The molecule has 1 aromatic rings. The minimum atomic E-state index is -0.870. The minimum Gasteiger partial charge on any atom is -0.274 e. The van der Waals surface area contributed by atoms with Gasteiger partial charge in [0.05, 0.1) is 5.69 Å². The molecule has 0 spiro atoms. The number of amides is 1. The number of anilines is 1. The van der Waals surface area contributed by atoms with E-state index in [-0.39, 0.29) is 5.69 Å². The molecule has 1 aromatic carbocycles. The number of hydrogen-bond acceptors (Lipinski definition) is 1. The lowest BCUT2D eigenvalue weighted by atomic mass is 10.3. The van der Waals surface area contributed by atoms with E-state index in [0.29, 0.717) is 10.5 Å². The van der Waals surface area contributed by atoms with E-state index in [1.807, 2.05) is 0 Å². The van der Waals surface area contributed by atoms with Gasteiger partial charge >= 0.3 is 0 Å². The molecule has 0 radical (unpaired) electrons. The van der Waals surface area contributed by atoms with Crippen molar-refractivity contribution in [2.75, 3.05) is 4.42 Å². The number of carbonyl (C=O) groups is 1. The molecule has 0 aliphatic carbocycles. The molecule has 0 aliphatic rings. The number of benzene rings is 1. The number of hydrogen-bond donors (Lipinski definition) is 0. The fourth-order valence-corrected chi connectivity index (χ4v) is 0.947. The molecule has 2 nitrogen and oxygen atoms in total. The molecule has 1 rings (SSSR count). The second-order valence-electron chi connectivity index (χ2n) is 2.40. The summed E-state index contributed by atoms with van der Waals surface area (Å²) in [6.45, 7) is 1.18. The summed E-state index contributed by atoms with van der Waals surface area (Å²) in [6, 6.07) is 2.78. The zero-order valence-electron chi connectivity index (χ0n) is 6.72. The first-order valence-corrected chi connectivity index (χ1v) is 3.77. The van der Waals surface area contributed by atoms with Crippen LogP contribution >= 0.6 is 11.8 Å². The fourth-order valence-electron chi connectivity index (χ4n) is 0.810. The van der Waals surface area contributed by atoms with Crippen LogP contribution in [0.3, 0.4) is 0 Å². The summed E-state index contributed by atoms with van der Waals surface area (Å²) in [6.07, 6.45) is 0. The predicted molar refractivity (Wildman–Crippen MR) is 45.4 cm³/mol. The zero-order valence-corrected chi connectivity index (χ0v) is 7.48. The Balaban J connectivity index is 3.08. The smallest absolute Gasteiger partial charge is 0.238 e. The summed E-state index contributed by atoms with van der Waals surface area (Å²) in [4.78, 5) is 10.7. The molecular formula is C8H6ClF2NO. The van der Waals surface area contributed by atoms with Crippen molar-refractivity contribution < 1.29 is 13.6 Å². The van der Waals surface area contributed by atoms with Gasteiger partial charge in [0.1, 0.15) is 5.82 Å². The van der Waals surface area contributed by atoms with Gasteiger partial charge in [-0.1, -0.05) is 0 Å². The van der Waals surface area contributed by atoms with Gasteiger partial charge in [-0.15, -0.1) is 0 Å². The highest BCUT2D eigenvalue weighted by Crippen LogP contribution is 2.21. The molecule has 0 N–H and O–H groups in total. The second-order valence-corrected chi connectivity index (χ2v) is 2.73. The molecular weight excluding hydrogens is 200 g/mol. The van der Waals surface area contributed by atoms with E-state index in [0.717, 1.165) is 12.1 Å². The van der Waals surface area contributed by atoms with Crippen molar-refractivity contribution in [2.45, 2.75) is 6.92 Å². The van der Waals surface area contributed by atoms with E-state index >= 15 is 0 Å². The van der Waals surface area contributed by atoms with Crippen molar-refractivity contribution in [3.05, 3.63) is 29.8 Å². The SMILES string of the molecule is CC(=O)N(Cl)c1ccc(F)cc1F. The Hall–Kier alpha value is -1.16. The Kier molecular flexibility index (Phi) is 2.83. The summed E-state index contributed by atoms with van der Waals surface area (Å²) in [5.74, 6) is -2.12. The van der Waals surface area contributed by atoms with Gasteiger partial charge in [0, 0.05) is 24.8 Å². The number of rotatable bonds is 1. The standard InChI is InChI=1S/C8H6ClF2NO/c1-5(13)12(9)8-3-2-6(10)4-7(8)11/h2-4H,1H3. The zero-order chi connectivity index (χ0) is 10.0. The first-order valence-electron chi connectivity index (χ1n) is 3.44. The van der Waals surface area contributed by atoms with E-state index in [4.69, 9.17) is 11.8 Å². The Morgan fingerprint density at radius 3 is 2.54 bits per heavy atom. The topological polar surface area (TPSA) is 20.3 Å². The van der Waals surface area contributed by atoms with Crippen LogP contribution in [0.5, 0.6) is 0 Å². The van der Waals surface area contributed by atoms with Crippen LogP contribution in [0.1, 0.15) is 6.92 Å². The summed E-state index contributed by atoms with van der Waals surface area (Å²) in [7, 11) is 0. The van der Waals surface area contributed by atoms with Gasteiger partial charge < -0.3 is 0 Å². The Labute approximate surface area is 78.8 Å². The molecule has 70 valence electrons. The molecule has 0 fully saturated rings. The van der Waals surface area contributed by atoms with Crippen LogP contribution < -0.4 is 4.42 Å². The van der Waals surface area contributed by atoms with Crippen LogP contribution in [0.25, 0.3) is 0 Å². The van der Waals surface area contributed by atoms with Crippen molar-refractivity contribution >= 4 is 23.4 Å². The Bertz CT molecular complexity index is 343. The average Bonchev–Trinajstić information content (AvgIpc) is 2.03. The molecule has 0 saturated heterocycles. The van der Waals surface area contributed by atoms with Gasteiger partial charge in [-0.3, -0.25) is 4.79 Å². The highest BCUT2D eigenvalue weighted by atomic mass is 35.5. The van der Waals surface area contributed by atoms with Crippen molar-refractivity contribution in [3.63, 3.8) is 0 Å². The van der Waals surface area contributed by atoms with Gasteiger partial charge in [-0.25, -0.2) is 13.2 Å². The van der Waals surface area contributed by atoms with Gasteiger partial charge in [0.15, 0.2) is 5.82 Å². The molecule has 5 heteroatoms. The monoisotopic (exact) mass is 205 g/mol. The van der Waals surface area contributed by atoms with Crippen molar-refractivity contribution in [3.8, 4) is 0 Å². The van der Waals surface area contributed by atoms with E-state index in [2.05, 4.69) is 0 Å². The molecule has 13 heavy (non-hydrogen) atoms. The molecule has 0 aliphatic heterocycles. The number of carbonyl (C=O) groups excluding carboxylic acids is 1. The largest absolute Gasteiger partial charge is 0.274 e.